The summed E-state index contributed by atoms with van der Waals surface area (Å²) in [5.74, 6) is 0.987. The minimum Gasteiger partial charge on any atom is -0.496 e. The van der Waals surface area contributed by atoms with Crippen molar-refractivity contribution < 1.29 is 14.3 Å². The Morgan fingerprint density at radius 3 is 2.48 bits per heavy atom. The second-order valence-electron chi connectivity index (χ2n) is 6.49. The number of hydrogen-bond donors (Lipinski definition) is 1. The van der Waals surface area contributed by atoms with Gasteiger partial charge < -0.3 is 9.47 Å². The first-order valence-corrected chi connectivity index (χ1v) is 9.24. The highest BCUT2D eigenvalue weighted by Crippen LogP contribution is 2.26. The van der Waals surface area contributed by atoms with E-state index in [1.165, 1.54) is 0 Å². The van der Waals surface area contributed by atoms with E-state index in [2.05, 4.69) is 10.5 Å². The van der Waals surface area contributed by atoms with Crippen molar-refractivity contribution in [3.8, 4) is 11.5 Å². The predicted molar refractivity (Wildman–Crippen MR) is 116 cm³/mol. The summed E-state index contributed by atoms with van der Waals surface area (Å²) in [6, 6.07) is 25.5. The third-order valence-corrected chi connectivity index (χ3v) is 4.62. The molecule has 0 radical (unpaired) electrons. The van der Waals surface area contributed by atoms with Gasteiger partial charge >= 0.3 is 0 Å². The van der Waals surface area contributed by atoms with Crippen LogP contribution in [-0.2, 0) is 4.79 Å². The Bertz CT molecular complexity index is 1200. The average Bonchev–Trinajstić information content (AvgIpc) is 2.77. The molecule has 0 aliphatic carbocycles. The molecule has 0 aliphatic rings. The maximum absolute atomic E-state index is 12.1. The first-order valence-electron chi connectivity index (χ1n) is 9.24. The molecule has 29 heavy (non-hydrogen) atoms. The van der Waals surface area contributed by atoms with Crippen LogP contribution in [0.3, 0.4) is 0 Å². The van der Waals surface area contributed by atoms with Gasteiger partial charge in [0.15, 0.2) is 6.61 Å². The Morgan fingerprint density at radius 1 is 0.931 bits per heavy atom. The molecule has 4 rings (SSSR count). The first kappa shape index (κ1) is 18.5. The fourth-order valence-corrected chi connectivity index (χ4v) is 3.19. The standard InChI is InChI=1S/C24H20N2O3/c1-28-23-13-11-18-7-4-5-9-21(18)22(23)15-25-26-24(27)16-29-20-12-10-17-6-2-3-8-19(17)14-20/h2-15H,16H2,1H3,(H,26,27). The summed E-state index contributed by atoms with van der Waals surface area (Å²) in [6.07, 6.45) is 1.59. The topological polar surface area (TPSA) is 59.9 Å². The van der Waals surface area contributed by atoms with Crippen molar-refractivity contribution in [2.75, 3.05) is 13.7 Å². The van der Waals surface area contributed by atoms with Crippen molar-refractivity contribution in [1.29, 1.82) is 0 Å². The van der Waals surface area contributed by atoms with Crippen LogP contribution in [0.25, 0.3) is 21.5 Å². The van der Waals surface area contributed by atoms with E-state index < -0.39 is 0 Å². The molecule has 5 nitrogen and oxygen atoms in total. The fraction of sp³-hybridized carbons (Fsp3) is 0.0833. The van der Waals surface area contributed by atoms with E-state index in [1.807, 2.05) is 78.9 Å². The Balaban J connectivity index is 1.41. The summed E-state index contributed by atoms with van der Waals surface area (Å²) in [5, 5.41) is 8.33. The first-order chi connectivity index (χ1) is 14.2. The molecule has 0 bridgehead atoms. The van der Waals surface area contributed by atoms with Gasteiger partial charge in [-0.05, 0) is 39.7 Å². The van der Waals surface area contributed by atoms with Gasteiger partial charge in [0, 0.05) is 5.56 Å². The molecule has 4 aromatic rings. The van der Waals surface area contributed by atoms with E-state index in [-0.39, 0.29) is 12.5 Å². The molecule has 5 heteroatoms. The van der Waals surface area contributed by atoms with Crippen LogP contribution in [0.5, 0.6) is 11.5 Å². The molecular formula is C24H20N2O3. The van der Waals surface area contributed by atoms with Crippen LogP contribution < -0.4 is 14.9 Å². The van der Waals surface area contributed by atoms with Crippen LogP contribution in [0.1, 0.15) is 5.56 Å². The van der Waals surface area contributed by atoms with Gasteiger partial charge in [0.1, 0.15) is 11.5 Å². The molecule has 0 atom stereocenters. The summed E-state index contributed by atoms with van der Waals surface area (Å²) in [4.78, 5) is 12.1. The van der Waals surface area contributed by atoms with E-state index in [0.717, 1.165) is 27.1 Å². The average molecular weight is 384 g/mol. The minimum absolute atomic E-state index is 0.123. The number of hydrogen-bond acceptors (Lipinski definition) is 4. The van der Waals surface area contributed by atoms with Gasteiger partial charge in [-0.15, -0.1) is 0 Å². The van der Waals surface area contributed by atoms with Crippen LogP contribution in [0.4, 0.5) is 0 Å². The number of carbonyl (C=O) groups excluding carboxylic acids is 1. The molecule has 0 aromatic heterocycles. The zero-order valence-electron chi connectivity index (χ0n) is 16.0. The van der Waals surface area contributed by atoms with Gasteiger partial charge in [0.25, 0.3) is 5.91 Å². The van der Waals surface area contributed by atoms with Crippen molar-refractivity contribution in [2.45, 2.75) is 0 Å². The van der Waals surface area contributed by atoms with Gasteiger partial charge in [0.05, 0.1) is 13.3 Å². The molecule has 0 spiro atoms. The molecule has 1 N–H and O–H groups in total. The monoisotopic (exact) mass is 384 g/mol. The highest BCUT2D eigenvalue weighted by Gasteiger charge is 2.07. The summed E-state index contributed by atoms with van der Waals surface area (Å²) in [7, 11) is 1.61. The Labute approximate surface area is 168 Å². The van der Waals surface area contributed by atoms with Gasteiger partial charge in [-0.3, -0.25) is 4.79 Å². The van der Waals surface area contributed by atoms with Gasteiger partial charge in [-0.25, -0.2) is 5.43 Å². The summed E-state index contributed by atoms with van der Waals surface area (Å²) in [5.41, 5.74) is 3.31. The van der Waals surface area contributed by atoms with Crippen molar-refractivity contribution >= 4 is 33.7 Å². The van der Waals surface area contributed by atoms with Gasteiger partial charge in [-0.1, -0.05) is 60.7 Å². The quantitative estimate of drug-likeness (QED) is 0.392. The van der Waals surface area contributed by atoms with Crippen LogP contribution in [-0.4, -0.2) is 25.8 Å². The molecule has 0 fully saturated rings. The number of carbonyl (C=O) groups is 1. The molecule has 0 saturated heterocycles. The number of nitrogens with one attached hydrogen (secondary N) is 1. The normalized spacial score (nSPS) is 11.1. The predicted octanol–water partition coefficient (Wildman–Crippen LogP) is 4.53. The molecule has 0 unspecified atom stereocenters. The summed E-state index contributed by atoms with van der Waals surface area (Å²) in [6.45, 7) is -0.123. The lowest BCUT2D eigenvalue weighted by molar-refractivity contribution is -0.123. The number of fused-ring (bicyclic) bond motifs is 2. The zero-order chi connectivity index (χ0) is 20.1. The van der Waals surface area contributed by atoms with E-state index >= 15 is 0 Å². The molecule has 0 heterocycles. The minimum atomic E-state index is -0.339. The Hall–Kier alpha value is -3.86. The second-order valence-corrected chi connectivity index (χ2v) is 6.49. The van der Waals surface area contributed by atoms with Crippen molar-refractivity contribution in [3.05, 3.63) is 84.4 Å². The fourth-order valence-electron chi connectivity index (χ4n) is 3.19. The molecule has 1 amide bonds. The molecular weight excluding hydrogens is 364 g/mol. The lowest BCUT2D eigenvalue weighted by Gasteiger charge is -2.09. The SMILES string of the molecule is COc1ccc2ccccc2c1C=NNC(=O)COc1ccc2ccccc2c1. The van der Waals surface area contributed by atoms with Crippen LogP contribution in [0.15, 0.2) is 84.0 Å². The van der Waals surface area contributed by atoms with E-state index in [4.69, 9.17) is 9.47 Å². The number of ether oxygens (including phenoxy) is 2. The molecule has 4 aromatic carbocycles. The van der Waals surface area contributed by atoms with Crippen molar-refractivity contribution in [2.24, 2.45) is 5.10 Å². The Morgan fingerprint density at radius 2 is 1.66 bits per heavy atom. The Kier molecular flexibility index (Phi) is 5.38. The van der Waals surface area contributed by atoms with E-state index in [9.17, 15) is 4.79 Å². The third kappa shape index (κ3) is 4.19. The van der Waals surface area contributed by atoms with Crippen molar-refractivity contribution in [3.63, 3.8) is 0 Å². The maximum atomic E-state index is 12.1. The van der Waals surface area contributed by atoms with Crippen LogP contribution >= 0.6 is 0 Å². The van der Waals surface area contributed by atoms with Crippen molar-refractivity contribution in [1.82, 2.24) is 5.43 Å². The third-order valence-electron chi connectivity index (χ3n) is 4.62. The molecule has 0 aliphatic heterocycles. The number of hydrazone groups is 1. The lowest BCUT2D eigenvalue weighted by Crippen LogP contribution is -2.24. The lowest BCUT2D eigenvalue weighted by atomic mass is 10.0. The number of amides is 1. The highest BCUT2D eigenvalue weighted by molar-refractivity contribution is 6.02. The number of methoxy groups -OCH3 is 1. The summed E-state index contributed by atoms with van der Waals surface area (Å²) >= 11 is 0. The second kappa shape index (κ2) is 8.44. The number of nitrogens with zero attached hydrogens (tertiary/aromatic N) is 1. The van der Waals surface area contributed by atoms with Crippen LogP contribution in [0, 0.1) is 0 Å². The highest BCUT2D eigenvalue weighted by atomic mass is 16.5. The van der Waals surface area contributed by atoms with E-state index in [1.54, 1.807) is 13.3 Å². The zero-order valence-corrected chi connectivity index (χ0v) is 16.0. The van der Waals surface area contributed by atoms with E-state index in [0.29, 0.717) is 11.5 Å². The maximum Gasteiger partial charge on any atom is 0.277 e. The smallest absolute Gasteiger partial charge is 0.277 e. The van der Waals surface area contributed by atoms with Gasteiger partial charge in [-0.2, -0.15) is 5.10 Å². The number of rotatable bonds is 6. The largest absolute Gasteiger partial charge is 0.496 e. The molecule has 0 saturated carbocycles. The summed E-state index contributed by atoms with van der Waals surface area (Å²) < 4.78 is 11.0. The molecule has 144 valence electrons. The van der Waals surface area contributed by atoms with Crippen LogP contribution in [0.2, 0.25) is 0 Å². The van der Waals surface area contributed by atoms with Gasteiger partial charge in [0.2, 0.25) is 0 Å². The number of benzene rings is 4.